The fourth-order valence-electron chi connectivity index (χ4n) is 1.57. The molecule has 0 spiro atoms. The van der Waals surface area contributed by atoms with Gasteiger partial charge in [0.05, 0.1) is 5.02 Å². The third kappa shape index (κ3) is 3.03. The first kappa shape index (κ1) is 12.5. The fraction of sp³-hybridized carbons (Fsp3) is 0.364. The molecule has 0 saturated carbocycles. The number of amides is 1. The fourth-order valence-corrected chi connectivity index (χ4v) is 1.90. The summed E-state index contributed by atoms with van der Waals surface area (Å²) >= 11 is 11.8. The Kier molecular flexibility index (Phi) is 4.10. The molecule has 4 nitrogen and oxygen atoms in total. The number of rotatable bonds is 1. The van der Waals surface area contributed by atoms with Crippen molar-refractivity contribution >= 4 is 29.3 Å². The molecule has 1 aromatic rings. The molecule has 92 valence electrons. The Morgan fingerprint density at radius 1 is 1.29 bits per heavy atom. The molecule has 1 aliphatic rings. The van der Waals surface area contributed by atoms with Gasteiger partial charge in [-0.25, -0.2) is 4.79 Å². The first-order valence-electron chi connectivity index (χ1n) is 5.30. The van der Waals surface area contributed by atoms with Gasteiger partial charge in [0.2, 0.25) is 0 Å². The van der Waals surface area contributed by atoms with Gasteiger partial charge in [0, 0.05) is 26.2 Å². The highest BCUT2D eigenvalue weighted by atomic mass is 35.5. The van der Waals surface area contributed by atoms with E-state index < -0.39 is 6.09 Å². The van der Waals surface area contributed by atoms with Crippen LogP contribution in [-0.2, 0) is 0 Å². The number of carbonyl (C=O) groups is 1. The zero-order chi connectivity index (χ0) is 12.3. The van der Waals surface area contributed by atoms with Crippen LogP contribution in [0.4, 0.5) is 4.79 Å². The number of hydrogen-bond acceptors (Lipinski definition) is 3. The second-order valence-electron chi connectivity index (χ2n) is 3.66. The van der Waals surface area contributed by atoms with Crippen LogP contribution in [0.1, 0.15) is 0 Å². The molecule has 1 amide bonds. The number of carbonyl (C=O) groups excluding carboxylic acids is 1. The Morgan fingerprint density at radius 3 is 2.71 bits per heavy atom. The Balaban J connectivity index is 2.04. The molecule has 0 bridgehead atoms. The summed E-state index contributed by atoms with van der Waals surface area (Å²) in [7, 11) is 0. The van der Waals surface area contributed by atoms with Crippen LogP contribution in [0.25, 0.3) is 0 Å². The van der Waals surface area contributed by atoms with E-state index in [2.05, 4.69) is 5.32 Å². The van der Waals surface area contributed by atoms with Crippen molar-refractivity contribution in [3.63, 3.8) is 0 Å². The zero-order valence-corrected chi connectivity index (χ0v) is 10.6. The predicted molar refractivity (Wildman–Crippen MR) is 66.9 cm³/mol. The van der Waals surface area contributed by atoms with E-state index in [9.17, 15) is 4.79 Å². The molecule has 2 rings (SSSR count). The van der Waals surface area contributed by atoms with Gasteiger partial charge in [-0.2, -0.15) is 0 Å². The second-order valence-corrected chi connectivity index (χ2v) is 4.44. The minimum Gasteiger partial charge on any atom is -0.409 e. The van der Waals surface area contributed by atoms with E-state index in [1.807, 2.05) is 0 Å². The number of ether oxygens (including phenoxy) is 1. The molecule has 1 heterocycles. The molecule has 0 unspecified atom stereocenters. The van der Waals surface area contributed by atoms with Crippen LogP contribution in [0, 0.1) is 0 Å². The van der Waals surface area contributed by atoms with Crippen molar-refractivity contribution in [2.45, 2.75) is 0 Å². The summed E-state index contributed by atoms with van der Waals surface area (Å²) in [6, 6.07) is 4.95. The van der Waals surface area contributed by atoms with Crippen LogP contribution >= 0.6 is 23.2 Å². The predicted octanol–water partition coefficient (Wildman–Crippen LogP) is 2.40. The largest absolute Gasteiger partial charge is 0.415 e. The van der Waals surface area contributed by atoms with Crippen LogP contribution in [0.5, 0.6) is 5.75 Å². The molecule has 17 heavy (non-hydrogen) atoms. The molecule has 1 saturated heterocycles. The molecule has 6 heteroatoms. The maximum absolute atomic E-state index is 11.8. The summed E-state index contributed by atoms with van der Waals surface area (Å²) < 4.78 is 5.21. The molecule has 1 aromatic carbocycles. The summed E-state index contributed by atoms with van der Waals surface area (Å²) in [6.07, 6.45) is -0.393. The maximum Gasteiger partial charge on any atom is 0.415 e. The van der Waals surface area contributed by atoms with Gasteiger partial charge in [0.25, 0.3) is 0 Å². The van der Waals surface area contributed by atoms with E-state index in [0.717, 1.165) is 13.1 Å². The smallest absolute Gasteiger partial charge is 0.409 e. The first-order valence-corrected chi connectivity index (χ1v) is 6.05. The minimum atomic E-state index is -0.393. The Morgan fingerprint density at radius 2 is 2.00 bits per heavy atom. The highest BCUT2D eigenvalue weighted by Gasteiger charge is 2.19. The summed E-state index contributed by atoms with van der Waals surface area (Å²) in [5, 5.41) is 3.79. The lowest BCUT2D eigenvalue weighted by molar-refractivity contribution is 0.146. The second kappa shape index (κ2) is 5.58. The number of halogens is 2. The highest BCUT2D eigenvalue weighted by Crippen LogP contribution is 2.31. The standard InChI is InChI=1S/C11H12Cl2N2O2/c12-8-2-1-3-9(10(8)13)17-11(16)15-6-4-14-5-7-15/h1-3,14H,4-7H2. The molecule has 0 aromatic heterocycles. The molecule has 0 atom stereocenters. The van der Waals surface area contributed by atoms with E-state index in [0.29, 0.717) is 23.9 Å². The van der Waals surface area contributed by atoms with Gasteiger partial charge in [-0.05, 0) is 12.1 Å². The summed E-state index contributed by atoms with van der Waals surface area (Å²) in [6.45, 7) is 2.82. The monoisotopic (exact) mass is 274 g/mol. The van der Waals surface area contributed by atoms with Gasteiger partial charge < -0.3 is 15.0 Å². The lowest BCUT2D eigenvalue weighted by atomic mass is 10.3. The summed E-state index contributed by atoms with van der Waals surface area (Å²) in [4.78, 5) is 13.4. The Hall–Kier alpha value is -0.970. The Labute approximate surface area is 109 Å². The maximum atomic E-state index is 11.8. The zero-order valence-electron chi connectivity index (χ0n) is 9.08. The van der Waals surface area contributed by atoms with Crippen LogP contribution in [0.15, 0.2) is 18.2 Å². The molecule has 1 N–H and O–H groups in total. The average molecular weight is 275 g/mol. The van der Waals surface area contributed by atoms with Gasteiger partial charge in [0.15, 0.2) is 5.75 Å². The number of piperazine rings is 1. The van der Waals surface area contributed by atoms with Crippen LogP contribution < -0.4 is 10.1 Å². The van der Waals surface area contributed by atoms with E-state index in [-0.39, 0.29) is 5.02 Å². The SMILES string of the molecule is O=C(Oc1cccc(Cl)c1Cl)N1CCNCC1. The van der Waals surface area contributed by atoms with Crippen molar-refractivity contribution in [2.75, 3.05) is 26.2 Å². The molecule has 1 aliphatic heterocycles. The quantitative estimate of drug-likeness (QED) is 0.855. The van der Waals surface area contributed by atoms with Gasteiger partial charge in [-0.1, -0.05) is 29.3 Å². The molecular weight excluding hydrogens is 263 g/mol. The summed E-state index contributed by atoms with van der Waals surface area (Å²) in [5.74, 6) is 0.294. The van der Waals surface area contributed by atoms with Crippen molar-refractivity contribution in [3.05, 3.63) is 28.2 Å². The third-order valence-electron chi connectivity index (χ3n) is 2.49. The molecular formula is C11H12Cl2N2O2. The molecule has 1 fully saturated rings. The van der Waals surface area contributed by atoms with Crippen molar-refractivity contribution in [3.8, 4) is 5.75 Å². The number of benzene rings is 1. The summed E-state index contributed by atoms with van der Waals surface area (Å²) in [5.41, 5.74) is 0. The van der Waals surface area contributed by atoms with Crippen molar-refractivity contribution < 1.29 is 9.53 Å². The number of hydrogen-bond donors (Lipinski definition) is 1. The van der Waals surface area contributed by atoms with Crippen LogP contribution in [0.2, 0.25) is 10.0 Å². The van der Waals surface area contributed by atoms with E-state index in [1.54, 1.807) is 23.1 Å². The lowest BCUT2D eigenvalue weighted by Gasteiger charge is -2.26. The van der Waals surface area contributed by atoms with E-state index in [1.165, 1.54) is 0 Å². The van der Waals surface area contributed by atoms with Gasteiger partial charge >= 0.3 is 6.09 Å². The average Bonchev–Trinajstić information content (AvgIpc) is 2.36. The molecule has 0 aliphatic carbocycles. The topological polar surface area (TPSA) is 41.6 Å². The van der Waals surface area contributed by atoms with Crippen molar-refractivity contribution in [2.24, 2.45) is 0 Å². The van der Waals surface area contributed by atoms with E-state index >= 15 is 0 Å². The van der Waals surface area contributed by atoms with Gasteiger partial charge in [-0.15, -0.1) is 0 Å². The van der Waals surface area contributed by atoms with Crippen LogP contribution in [-0.4, -0.2) is 37.2 Å². The minimum absolute atomic E-state index is 0.262. The Bertz CT molecular complexity index is 420. The molecule has 0 radical (unpaired) electrons. The third-order valence-corrected chi connectivity index (χ3v) is 3.29. The lowest BCUT2D eigenvalue weighted by Crippen LogP contribution is -2.47. The van der Waals surface area contributed by atoms with Gasteiger partial charge in [0.1, 0.15) is 5.02 Å². The number of nitrogens with one attached hydrogen (secondary N) is 1. The van der Waals surface area contributed by atoms with Gasteiger partial charge in [-0.3, -0.25) is 0 Å². The normalized spacial score (nSPS) is 15.8. The first-order chi connectivity index (χ1) is 8.18. The van der Waals surface area contributed by atoms with Crippen molar-refractivity contribution in [1.29, 1.82) is 0 Å². The van der Waals surface area contributed by atoms with Crippen molar-refractivity contribution in [1.82, 2.24) is 10.2 Å². The van der Waals surface area contributed by atoms with Crippen LogP contribution in [0.3, 0.4) is 0 Å². The van der Waals surface area contributed by atoms with E-state index in [4.69, 9.17) is 27.9 Å². The number of nitrogens with zero attached hydrogens (tertiary/aromatic N) is 1. The highest BCUT2D eigenvalue weighted by molar-refractivity contribution is 6.43.